The Labute approximate surface area is 204 Å². The molecule has 0 aliphatic carbocycles. The molecule has 1 aromatic heterocycles. The fraction of sp³-hybridized carbons (Fsp3) is 0.269. The number of amides is 1. The molecule has 8 heteroatoms. The summed E-state index contributed by atoms with van der Waals surface area (Å²) in [5.41, 5.74) is 3.49. The molecule has 0 unspecified atom stereocenters. The summed E-state index contributed by atoms with van der Waals surface area (Å²) in [6.07, 6.45) is 4.64. The fourth-order valence-electron chi connectivity index (χ4n) is 3.93. The van der Waals surface area contributed by atoms with Crippen LogP contribution >= 0.6 is 12.2 Å². The Morgan fingerprint density at radius 1 is 1.12 bits per heavy atom. The van der Waals surface area contributed by atoms with Gasteiger partial charge in [-0.1, -0.05) is 35.9 Å². The highest BCUT2D eigenvalue weighted by atomic mass is 32.1. The number of esters is 1. The monoisotopic (exact) mass is 477 g/mol. The number of aromatic nitrogens is 1. The van der Waals surface area contributed by atoms with Crippen LogP contribution < -0.4 is 4.74 Å². The van der Waals surface area contributed by atoms with Crippen molar-refractivity contribution in [1.29, 1.82) is 0 Å². The third kappa shape index (κ3) is 4.82. The normalized spacial score (nSPS) is 15.0. The van der Waals surface area contributed by atoms with E-state index in [9.17, 15) is 9.59 Å². The van der Waals surface area contributed by atoms with Crippen molar-refractivity contribution in [2.75, 3.05) is 27.3 Å². The molecule has 34 heavy (non-hydrogen) atoms. The van der Waals surface area contributed by atoms with Crippen molar-refractivity contribution in [2.24, 2.45) is 0 Å². The molecule has 0 radical (unpaired) electrons. The van der Waals surface area contributed by atoms with Gasteiger partial charge in [-0.05, 0) is 49.8 Å². The van der Waals surface area contributed by atoms with Crippen molar-refractivity contribution in [3.8, 4) is 5.75 Å². The van der Waals surface area contributed by atoms with Crippen molar-refractivity contribution >= 4 is 46.2 Å². The second-order valence-corrected chi connectivity index (χ2v) is 8.51. The van der Waals surface area contributed by atoms with E-state index in [1.54, 1.807) is 13.1 Å². The lowest BCUT2D eigenvalue weighted by Crippen LogP contribution is -2.33. The third-order valence-corrected chi connectivity index (χ3v) is 6.29. The van der Waals surface area contributed by atoms with Crippen LogP contribution in [-0.2, 0) is 20.9 Å². The summed E-state index contributed by atoms with van der Waals surface area (Å²) in [6.45, 7) is 3.28. The van der Waals surface area contributed by atoms with E-state index in [1.807, 2.05) is 55.6 Å². The molecule has 0 atom stereocenters. The number of carbonyl (C=O) groups excluding carboxylic acids is 2. The van der Waals surface area contributed by atoms with Gasteiger partial charge in [-0.3, -0.25) is 14.5 Å². The van der Waals surface area contributed by atoms with Gasteiger partial charge in [0.05, 0.1) is 13.7 Å². The average molecular weight is 478 g/mol. The van der Waals surface area contributed by atoms with Gasteiger partial charge in [0.15, 0.2) is 5.11 Å². The van der Waals surface area contributed by atoms with E-state index in [1.165, 1.54) is 22.5 Å². The van der Waals surface area contributed by atoms with E-state index >= 15 is 0 Å². The van der Waals surface area contributed by atoms with Gasteiger partial charge in [-0.15, -0.1) is 0 Å². The Balaban J connectivity index is 1.56. The molecule has 1 aliphatic heterocycles. The molecule has 1 aliphatic rings. The molecule has 2 aromatic carbocycles. The molecular weight excluding hydrogens is 450 g/mol. The van der Waals surface area contributed by atoms with Crippen molar-refractivity contribution in [3.05, 3.63) is 71.6 Å². The summed E-state index contributed by atoms with van der Waals surface area (Å²) in [5, 5.41) is 1.29. The summed E-state index contributed by atoms with van der Waals surface area (Å²) in [4.78, 5) is 27.7. The minimum Gasteiger partial charge on any atom is -0.494 e. The standard InChI is InChI=1S/C26H27N3O4S/c1-18-9-11-20(12-10-18)33-14-6-13-28-16-19(21-7-4-5-8-22(21)28)15-23-25(31)27(2)26(34)29(23)17-24(30)32-3/h4-5,7-12,15-16H,6,13-14,17H2,1-3H3/b23-15-. The molecule has 1 fully saturated rings. The first-order valence-electron chi connectivity index (χ1n) is 11.0. The van der Waals surface area contributed by atoms with Crippen LogP contribution in [0.25, 0.3) is 17.0 Å². The highest BCUT2D eigenvalue weighted by Gasteiger charge is 2.37. The molecule has 7 nitrogen and oxygen atoms in total. The fourth-order valence-corrected chi connectivity index (χ4v) is 4.17. The summed E-state index contributed by atoms with van der Waals surface area (Å²) in [6, 6.07) is 16.1. The van der Waals surface area contributed by atoms with Crippen LogP contribution in [0.4, 0.5) is 0 Å². The molecule has 3 aromatic rings. The number of fused-ring (bicyclic) bond motifs is 1. The Morgan fingerprint density at radius 3 is 2.59 bits per heavy atom. The Hall–Kier alpha value is -3.65. The summed E-state index contributed by atoms with van der Waals surface area (Å²) >= 11 is 5.38. The van der Waals surface area contributed by atoms with Gasteiger partial charge in [-0.2, -0.15) is 0 Å². The number of likely N-dealkylation sites (N-methyl/N-ethyl adjacent to an activating group) is 1. The Kier molecular flexibility index (Phi) is 6.98. The minimum absolute atomic E-state index is 0.119. The van der Waals surface area contributed by atoms with E-state index in [0.717, 1.165) is 35.2 Å². The van der Waals surface area contributed by atoms with E-state index < -0.39 is 5.97 Å². The number of nitrogens with zero attached hydrogens (tertiary/aromatic N) is 3. The summed E-state index contributed by atoms with van der Waals surface area (Å²) in [7, 11) is 2.92. The highest BCUT2D eigenvalue weighted by molar-refractivity contribution is 7.80. The van der Waals surface area contributed by atoms with Crippen LogP contribution in [0.15, 0.2) is 60.4 Å². The number of methoxy groups -OCH3 is 1. The van der Waals surface area contributed by atoms with Crippen LogP contribution in [0.2, 0.25) is 0 Å². The van der Waals surface area contributed by atoms with Gasteiger partial charge in [0.2, 0.25) is 0 Å². The zero-order valence-corrected chi connectivity index (χ0v) is 20.3. The highest BCUT2D eigenvalue weighted by Crippen LogP contribution is 2.28. The lowest BCUT2D eigenvalue weighted by atomic mass is 10.1. The lowest BCUT2D eigenvalue weighted by molar-refractivity contribution is -0.140. The van der Waals surface area contributed by atoms with Crippen LogP contribution in [-0.4, -0.2) is 58.7 Å². The second kappa shape index (κ2) is 10.1. The molecule has 1 amide bonds. The molecule has 176 valence electrons. The largest absolute Gasteiger partial charge is 0.494 e. The predicted molar refractivity (Wildman–Crippen MR) is 135 cm³/mol. The van der Waals surface area contributed by atoms with Crippen molar-refractivity contribution in [3.63, 3.8) is 0 Å². The number of hydrogen-bond acceptors (Lipinski definition) is 5. The minimum atomic E-state index is -0.465. The number of aryl methyl sites for hydroxylation is 2. The van der Waals surface area contributed by atoms with E-state index in [0.29, 0.717) is 12.3 Å². The van der Waals surface area contributed by atoms with Crippen LogP contribution in [0.1, 0.15) is 17.5 Å². The zero-order valence-electron chi connectivity index (χ0n) is 19.5. The molecule has 4 rings (SSSR count). The smallest absolute Gasteiger partial charge is 0.325 e. The van der Waals surface area contributed by atoms with Gasteiger partial charge < -0.3 is 18.9 Å². The van der Waals surface area contributed by atoms with Crippen molar-refractivity contribution in [1.82, 2.24) is 14.4 Å². The first-order chi connectivity index (χ1) is 16.4. The molecule has 2 heterocycles. The SMILES string of the molecule is COC(=O)CN1C(=S)N(C)C(=O)/C1=C/c1cn(CCCOc2ccc(C)cc2)c2ccccc12. The van der Waals surface area contributed by atoms with Crippen molar-refractivity contribution in [2.45, 2.75) is 19.9 Å². The number of para-hydroxylation sites is 1. The molecule has 0 saturated carbocycles. The molecule has 1 saturated heterocycles. The van der Waals surface area contributed by atoms with Gasteiger partial charge in [0.1, 0.15) is 18.0 Å². The maximum atomic E-state index is 12.9. The average Bonchev–Trinajstić information content (AvgIpc) is 3.29. The van der Waals surface area contributed by atoms with Crippen LogP contribution in [0.3, 0.4) is 0 Å². The van der Waals surface area contributed by atoms with Crippen LogP contribution in [0.5, 0.6) is 5.75 Å². The van der Waals surface area contributed by atoms with Gasteiger partial charge in [0, 0.05) is 36.3 Å². The maximum absolute atomic E-state index is 12.9. The quantitative estimate of drug-likeness (QED) is 0.212. The molecule has 0 N–H and O–H groups in total. The first kappa shape index (κ1) is 23.5. The molecule has 0 spiro atoms. The number of thiocarbonyl (C=S) groups is 1. The Bertz CT molecular complexity index is 1260. The van der Waals surface area contributed by atoms with E-state index in [-0.39, 0.29) is 17.6 Å². The Morgan fingerprint density at radius 2 is 1.85 bits per heavy atom. The predicted octanol–water partition coefficient (Wildman–Crippen LogP) is 3.99. The number of rotatable bonds is 8. The molecular formula is C26H27N3O4S. The summed E-state index contributed by atoms with van der Waals surface area (Å²) < 4.78 is 12.8. The van der Waals surface area contributed by atoms with E-state index in [2.05, 4.69) is 10.6 Å². The second-order valence-electron chi connectivity index (χ2n) is 8.15. The first-order valence-corrected chi connectivity index (χ1v) is 11.4. The van der Waals surface area contributed by atoms with Crippen LogP contribution in [0, 0.1) is 6.92 Å². The van der Waals surface area contributed by atoms with Gasteiger partial charge in [-0.25, -0.2) is 0 Å². The van der Waals surface area contributed by atoms with Gasteiger partial charge >= 0.3 is 5.97 Å². The third-order valence-electron chi connectivity index (χ3n) is 5.79. The number of hydrogen-bond donors (Lipinski definition) is 0. The number of ether oxygens (including phenoxy) is 2. The zero-order chi connectivity index (χ0) is 24.2. The van der Waals surface area contributed by atoms with Crippen molar-refractivity contribution < 1.29 is 19.1 Å². The summed E-state index contributed by atoms with van der Waals surface area (Å²) in [5.74, 6) is 0.142. The van der Waals surface area contributed by atoms with Gasteiger partial charge in [0.25, 0.3) is 5.91 Å². The maximum Gasteiger partial charge on any atom is 0.325 e. The number of carbonyl (C=O) groups is 2. The topological polar surface area (TPSA) is 64.0 Å². The lowest BCUT2D eigenvalue weighted by Gasteiger charge is -2.16. The number of benzene rings is 2. The molecule has 0 bridgehead atoms. The van der Waals surface area contributed by atoms with E-state index in [4.69, 9.17) is 21.7 Å².